The molecule has 1 fully saturated rings. The molecule has 8 nitrogen and oxygen atoms in total. The van der Waals surface area contributed by atoms with Gasteiger partial charge >= 0.3 is 0 Å². The van der Waals surface area contributed by atoms with Gasteiger partial charge in [-0.3, -0.25) is 0 Å². The number of aromatic nitrogens is 2. The number of nitrogens with zero attached hydrogens (tertiary/aromatic N) is 4. The predicted molar refractivity (Wildman–Crippen MR) is 127 cm³/mol. The summed E-state index contributed by atoms with van der Waals surface area (Å²) in [5.74, 6) is 1.22. The van der Waals surface area contributed by atoms with Gasteiger partial charge in [0.1, 0.15) is 22.2 Å². The van der Waals surface area contributed by atoms with Crippen LogP contribution in [0.3, 0.4) is 0 Å². The third-order valence-corrected chi connectivity index (χ3v) is 7.43. The fraction of sp³-hybridized carbons (Fsp3) is 0.333. The van der Waals surface area contributed by atoms with Gasteiger partial charge in [-0.05, 0) is 62.4 Å². The number of hydrogen-bond donors (Lipinski definition) is 0. The van der Waals surface area contributed by atoms with Gasteiger partial charge in [0.05, 0.1) is 18.9 Å². The van der Waals surface area contributed by atoms with Crippen molar-refractivity contribution in [2.75, 3.05) is 44.3 Å². The lowest BCUT2D eigenvalue weighted by atomic mass is 10.1. The number of rotatable bonds is 8. The van der Waals surface area contributed by atoms with Crippen LogP contribution in [0.1, 0.15) is 13.8 Å². The highest BCUT2D eigenvalue weighted by Crippen LogP contribution is 2.32. The lowest BCUT2D eigenvalue weighted by Crippen LogP contribution is -2.49. The molecule has 0 radical (unpaired) electrons. The first-order valence-corrected chi connectivity index (χ1v) is 12.6. The summed E-state index contributed by atoms with van der Waals surface area (Å²) >= 11 is 0. The van der Waals surface area contributed by atoms with Gasteiger partial charge in [0, 0.05) is 37.8 Å². The summed E-state index contributed by atoms with van der Waals surface area (Å²) in [6.07, 6.45) is 0. The summed E-state index contributed by atoms with van der Waals surface area (Å²) in [7, 11) is -3.74. The molecule has 4 rings (SSSR count). The van der Waals surface area contributed by atoms with E-state index in [1.54, 1.807) is 24.3 Å². The highest BCUT2D eigenvalue weighted by atomic mass is 32.2. The fourth-order valence-electron chi connectivity index (χ4n) is 3.79. The lowest BCUT2D eigenvalue weighted by Gasteiger charge is -2.34. The first-order chi connectivity index (χ1) is 16.4. The third-order valence-electron chi connectivity index (χ3n) is 5.50. The van der Waals surface area contributed by atoms with Gasteiger partial charge < -0.3 is 14.4 Å². The second-order valence-corrected chi connectivity index (χ2v) is 9.56. The molecule has 0 unspecified atom stereocenters. The lowest BCUT2D eigenvalue weighted by molar-refractivity contribution is 0.314. The zero-order chi connectivity index (χ0) is 24.1. The molecule has 1 aliphatic heterocycles. The van der Waals surface area contributed by atoms with E-state index in [1.165, 1.54) is 22.5 Å². The molecule has 1 aromatic heterocycles. The average molecular weight is 487 g/mol. The second-order valence-electron chi connectivity index (χ2n) is 7.65. The first kappa shape index (κ1) is 23.9. The van der Waals surface area contributed by atoms with Gasteiger partial charge in [-0.25, -0.2) is 12.8 Å². The number of piperazine rings is 1. The fourth-order valence-corrected chi connectivity index (χ4v) is 5.33. The van der Waals surface area contributed by atoms with Gasteiger partial charge in [0.15, 0.2) is 5.82 Å². The van der Waals surface area contributed by atoms with E-state index in [0.717, 1.165) is 5.56 Å². The van der Waals surface area contributed by atoms with Gasteiger partial charge in [-0.2, -0.15) is 4.31 Å². The molecule has 0 N–H and O–H groups in total. The molecular weight excluding hydrogens is 459 g/mol. The molecule has 34 heavy (non-hydrogen) atoms. The molecule has 1 saturated heterocycles. The van der Waals surface area contributed by atoms with Crippen LogP contribution in [0.4, 0.5) is 10.2 Å². The summed E-state index contributed by atoms with van der Waals surface area (Å²) in [4.78, 5) is 2.13. The van der Waals surface area contributed by atoms with Gasteiger partial charge in [-0.1, -0.05) is 0 Å². The number of ether oxygens (including phenoxy) is 2. The average Bonchev–Trinajstić information content (AvgIpc) is 2.85. The van der Waals surface area contributed by atoms with E-state index < -0.39 is 10.0 Å². The number of anilines is 1. The highest BCUT2D eigenvalue weighted by molar-refractivity contribution is 7.89. The Bertz CT molecular complexity index is 1210. The van der Waals surface area contributed by atoms with E-state index in [9.17, 15) is 12.8 Å². The van der Waals surface area contributed by atoms with Crippen molar-refractivity contribution < 1.29 is 22.3 Å². The maximum absolute atomic E-state index is 13.4. The van der Waals surface area contributed by atoms with Crippen LogP contribution in [0.15, 0.2) is 59.5 Å². The molecule has 0 aliphatic carbocycles. The Kier molecular flexibility index (Phi) is 7.28. The Labute approximate surface area is 199 Å². The third kappa shape index (κ3) is 5.13. The number of benzene rings is 2. The molecule has 0 atom stereocenters. The quantitative estimate of drug-likeness (QED) is 0.481. The van der Waals surface area contributed by atoms with Crippen molar-refractivity contribution >= 4 is 15.8 Å². The molecule has 2 aromatic carbocycles. The van der Waals surface area contributed by atoms with Crippen LogP contribution < -0.4 is 14.4 Å². The second kappa shape index (κ2) is 10.4. The minimum atomic E-state index is -3.74. The maximum Gasteiger partial charge on any atom is 0.246 e. The SMILES string of the molecule is CCOc1ccc(S(=O)(=O)N2CCN(c3ccc(-c4ccc(F)cc4)nn3)CC2)c(OCC)c1. The van der Waals surface area contributed by atoms with E-state index in [0.29, 0.717) is 56.7 Å². The number of sulfonamides is 1. The van der Waals surface area contributed by atoms with Gasteiger partial charge in [0.25, 0.3) is 0 Å². The van der Waals surface area contributed by atoms with Crippen molar-refractivity contribution in [2.45, 2.75) is 18.7 Å². The first-order valence-electron chi connectivity index (χ1n) is 11.2. The number of hydrogen-bond acceptors (Lipinski definition) is 7. The van der Waals surface area contributed by atoms with Crippen molar-refractivity contribution in [1.29, 1.82) is 0 Å². The molecule has 10 heteroatoms. The van der Waals surface area contributed by atoms with Crippen molar-refractivity contribution in [1.82, 2.24) is 14.5 Å². The highest BCUT2D eigenvalue weighted by Gasteiger charge is 2.31. The van der Waals surface area contributed by atoms with Crippen LogP contribution in [0, 0.1) is 5.82 Å². The molecule has 180 valence electrons. The van der Waals surface area contributed by atoms with E-state index in [4.69, 9.17) is 9.47 Å². The van der Waals surface area contributed by atoms with E-state index in [2.05, 4.69) is 10.2 Å². The molecule has 0 amide bonds. The smallest absolute Gasteiger partial charge is 0.246 e. The summed E-state index contributed by atoms with van der Waals surface area (Å²) in [6.45, 7) is 6.07. The Morgan fingerprint density at radius 1 is 0.882 bits per heavy atom. The Balaban J connectivity index is 1.45. The minimum Gasteiger partial charge on any atom is -0.494 e. The van der Waals surface area contributed by atoms with Crippen molar-refractivity contribution in [3.8, 4) is 22.8 Å². The van der Waals surface area contributed by atoms with E-state index >= 15 is 0 Å². The van der Waals surface area contributed by atoms with Crippen molar-refractivity contribution in [3.05, 3.63) is 60.4 Å². The summed E-state index contributed by atoms with van der Waals surface area (Å²) < 4.78 is 52.4. The van der Waals surface area contributed by atoms with Crippen LogP contribution in [0.5, 0.6) is 11.5 Å². The molecular formula is C24H27FN4O4S. The van der Waals surface area contributed by atoms with Crippen LogP contribution >= 0.6 is 0 Å². The Morgan fingerprint density at radius 2 is 1.59 bits per heavy atom. The Morgan fingerprint density at radius 3 is 2.21 bits per heavy atom. The molecule has 0 saturated carbocycles. The summed E-state index contributed by atoms with van der Waals surface area (Å²) in [6, 6.07) is 14.5. The Hall–Kier alpha value is -3.24. The maximum atomic E-state index is 13.4. The van der Waals surface area contributed by atoms with Crippen molar-refractivity contribution in [3.63, 3.8) is 0 Å². The van der Waals surface area contributed by atoms with Crippen molar-refractivity contribution in [2.24, 2.45) is 0 Å². The normalized spacial score (nSPS) is 14.7. The van der Waals surface area contributed by atoms with Crippen LogP contribution in [-0.4, -0.2) is 62.3 Å². The zero-order valence-corrected chi connectivity index (χ0v) is 20.0. The van der Waals surface area contributed by atoms with Gasteiger partial charge in [0.2, 0.25) is 10.0 Å². The topological polar surface area (TPSA) is 84.9 Å². The predicted octanol–water partition coefficient (Wildman–Crippen LogP) is 3.59. The largest absolute Gasteiger partial charge is 0.494 e. The molecule has 0 bridgehead atoms. The molecule has 1 aliphatic rings. The monoisotopic (exact) mass is 486 g/mol. The van der Waals surface area contributed by atoms with Gasteiger partial charge in [-0.15, -0.1) is 10.2 Å². The molecule has 0 spiro atoms. The van der Waals surface area contributed by atoms with E-state index in [-0.39, 0.29) is 16.5 Å². The van der Waals surface area contributed by atoms with Crippen LogP contribution in [0.2, 0.25) is 0 Å². The molecule has 2 heterocycles. The van der Waals surface area contributed by atoms with Crippen LogP contribution in [-0.2, 0) is 10.0 Å². The van der Waals surface area contributed by atoms with Crippen LogP contribution in [0.25, 0.3) is 11.3 Å². The zero-order valence-electron chi connectivity index (χ0n) is 19.1. The standard InChI is InChI=1S/C24H27FN4O4S/c1-3-32-20-9-11-23(22(17-20)33-4-2)34(30,31)29-15-13-28(14-16-29)24-12-10-21(26-27-24)18-5-7-19(25)8-6-18/h5-12,17H,3-4,13-16H2,1-2H3. The summed E-state index contributed by atoms with van der Waals surface area (Å²) in [5, 5.41) is 8.54. The summed E-state index contributed by atoms with van der Waals surface area (Å²) in [5.41, 5.74) is 1.42. The molecule has 3 aromatic rings. The van der Waals surface area contributed by atoms with E-state index in [1.807, 2.05) is 30.9 Å². The number of halogens is 1. The minimum absolute atomic E-state index is 0.134.